The third-order valence-corrected chi connectivity index (χ3v) is 10.4. The lowest BCUT2D eigenvalue weighted by Gasteiger charge is -2.34. The molecule has 7 nitrogen and oxygen atoms in total. The average Bonchev–Trinajstić information content (AvgIpc) is 3.03. The van der Waals surface area contributed by atoms with Crippen LogP contribution in [0.15, 0.2) is 102 Å². The van der Waals surface area contributed by atoms with Crippen LogP contribution in [0, 0.1) is 6.92 Å². The van der Waals surface area contributed by atoms with Gasteiger partial charge in [-0.25, -0.2) is 8.42 Å². The van der Waals surface area contributed by atoms with Crippen LogP contribution in [0.5, 0.6) is 0 Å². The van der Waals surface area contributed by atoms with Crippen molar-refractivity contribution in [2.45, 2.75) is 57.1 Å². The second-order valence-electron chi connectivity index (χ2n) is 11.0. The molecule has 0 aliphatic heterocycles. The minimum atomic E-state index is -4.25. The van der Waals surface area contributed by atoms with Crippen molar-refractivity contribution < 1.29 is 18.0 Å². The normalized spacial score (nSPS) is 12.7. The number of aryl methyl sites for hydroxylation is 1. The lowest BCUT2D eigenvalue weighted by atomic mass is 10.0. The Balaban J connectivity index is 1.84. The fourth-order valence-electron chi connectivity index (χ4n) is 4.82. The lowest BCUT2D eigenvalue weighted by Crippen LogP contribution is -2.54. The van der Waals surface area contributed by atoms with Gasteiger partial charge in [0, 0.05) is 39.6 Å². The Morgan fingerprint density at radius 1 is 0.826 bits per heavy atom. The highest BCUT2D eigenvalue weighted by Gasteiger charge is 2.35. The fourth-order valence-corrected chi connectivity index (χ4v) is 6.88. The van der Waals surface area contributed by atoms with E-state index >= 15 is 0 Å². The summed E-state index contributed by atoms with van der Waals surface area (Å²) in [5.41, 5.74) is 2.46. The van der Waals surface area contributed by atoms with Crippen LogP contribution >= 0.6 is 34.8 Å². The minimum absolute atomic E-state index is 0.0404. The van der Waals surface area contributed by atoms with Crippen molar-refractivity contribution in [3.63, 3.8) is 0 Å². The van der Waals surface area contributed by atoms with Crippen molar-refractivity contribution in [2.24, 2.45) is 0 Å². The number of hydrogen-bond acceptors (Lipinski definition) is 4. The topological polar surface area (TPSA) is 86.8 Å². The first-order valence-corrected chi connectivity index (χ1v) is 17.4. The Hall–Kier alpha value is -3.56. The van der Waals surface area contributed by atoms with Crippen LogP contribution in [0.2, 0.25) is 15.1 Å². The van der Waals surface area contributed by atoms with Gasteiger partial charge in [-0.2, -0.15) is 0 Å². The van der Waals surface area contributed by atoms with Gasteiger partial charge < -0.3 is 10.2 Å². The van der Waals surface area contributed by atoms with E-state index in [2.05, 4.69) is 5.32 Å². The third-order valence-electron chi connectivity index (χ3n) is 7.66. The van der Waals surface area contributed by atoms with Gasteiger partial charge >= 0.3 is 0 Å². The Morgan fingerprint density at radius 2 is 1.43 bits per heavy atom. The maximum Gasteiger partial charge on any atom is 0.264 e. The van der Waals surface area contributed by atoms with E-state index in [0.29, 0.717) is 27.1 Å². The Bertz CT molecular complexity index is 1730. The quantitative estimate of drug-likeness (QED) is 0.155. The molecule has 4 aromatic rings. The summed E-state index contributed by atoms with van der Waals surface area (Å²) in [6, 6.07) is 25.7. The molecule has 0 aromatic heterocycles. The number of nitrogens with one attached hydrogen (secondary N) is 1. The molecule has 0 aliphatic carbocycles. The van der Waals surface area contributed by atoms with Crippen LogP contribution in [0.25, 0.3) is 0 Å². The third kappa shape index (κ3) is 8.82. The Morgan fingerprint density at radius 3 is 2.02 bits per heavy atom. The highest BCUT2D eigenvalue weighted by Crippen LogP contribution is 2.29. The number of halogens is 3. The van der Waals surface area contributed by atoms with Crippen LogP contribution in [0.1, 0.15) is 37.0 Å². The molecule has 242 valence electrons. The van der Waals surface area contributed by atoms with E-state index in [9.17, 15) is 18.0 Å². The lowest BCUT2D eigenvalue weighted by molar-refractivity contribution is -0.140. The molecule has 11 heteroatoms. The van der Waals surface area contributed by atoms with Crippen LogP contribution in [0.4, 0.5) is 5.69 Å². The monoisotopic (exact) mass is 699 g/mol. The van der Waals surface area contributed by atoms with Gasteiger partial charge in [-0.1, -0.05) is 95.8 Å². The number of rotatable bonds is 13. The van der Waals surface area contributed by atoms with Gasteiger partial charge in [0.05, 0.1) is 10.6 Å². The zero-order valence-corrected chi connectivity index (χ0v) is 28.9. The summed E-state index contributed by atoms with van der Waals surface area (Å²) in [7, 11) is -4.25. The molecule has 0 radical (unpaired) electrons. The predicted molar refractivity (Wildman–Crippen MR) is 186 cm³/mol. The number of anilines is 1. The molecule has 0 bridgehead atoms. The SMILES string of the molecule is CC[C@@H](C)NC(=O)[C@@H](Cc1ccccc1)N(Cc1c(Cl)cccc1Cl)C(=O)CN(c1ccc(C)cc1)S(=O)(=O)c1ccc(Cl)cc1. The molecule has 0 saturated carbocycles. The number of hydrogen-bond donors (Lipinski definition) is 1. The summed E-state index contributed by atoms with van der Waals surface area (Å²) in [6.07, 6.45) is 0.847. The summed E-state index contributed by atoms with van der Waals surface area (Å²) in [6.45, 7) is 4.98. The number of nitrogens with zero attached hydrogens (tertiary/aromatic N) is 2. The molecule has 2 amide bonds. The summed E-state index contributed by atoms with van der Waals surface area (Å²) in [4.78, 5) is 29.9. The van der Waals surface area contributed by atoms with Crippen molar-refractivity contribution in [1.82, 2.24) is 10.2 Å². The summed E-state index contributed by atoms with van der Waals surface area (Å²) < 4.78 is 29.3. The molecule has 0 aliphatic rings. The van der Waals surface area contributed by atoms with E-state index in [1.54, 1.807) is 42.5 Å². The van der Waals surface area contributed by atoms with Crippen LogP contribution in [0.3, 0.4) is 0 Å². The first kappa shape index (κ1) is 35.3. The van der Waals surface area contributed by atoms with Gasteiger partial charge in [-0.05, 0) is 74.4 Å². The van der Waals surface area contributed by atoms with Crippen molar-refractivity contribution >= 4 is 62.3 Å². The van der Waals surface area contributed by atoms with Crippen LogP contribution < -0.4 is 9.62 Å². The largest absolute Gasteiger partial charge is 0.352 e. The standard InChI is InChI=1S/C35H36Cl3N3O4S/c1-4-25(3)39-35(43)33(21-26-9-6-5-7-10-26)40(22-30-31(37)11-8-12-32(30)38)34(42)23-41(28-17-13-24(2)14-18-28)46(44,45)29-19-15-27(36)16-20-29/h5-20,25,33H,4,21-23H2,1-3H3,(H,39,43)/t25-,33-/m1/s1. The van der Waals surface area contributed by atoms with Gasteiger partial charge in [0.1, 0.15) is 12.6 Å². The predicted octanol–water partition coefficient (Wildman–Crippen LogP) is 7.71. The molecule has 0 fully saturated rings. The van der Waals surface area contributed by atoms with E-state index in [0.717, 1.165) is 15.4 Å². The first-order chi connectivity index (χ1) is 21.9. The number of sulfonamides is 1. The highest BCUT2D eigenvalue weighted by atomic mass is 35.5. The minimum Gasteiger partial charge on any atom is -0.352 e. The van der Waals surface area contributed by atoms with Gasteiger partial charge in [0.25, 0.3) is 10.0 Å². The average molecular weight is 701 g/mol. The van der Waals surface area contributed by atoms with Crippen molar-refractivity contribution in [3.05, 3.63) is 129 Å². The molecule has 4 aromatic carbocycles. The zero-order valence-electron chi connectivity index (χ0n) is 25.8. The van der Waals surface area contributed by atoms with E-state index in [4.69, 9.17) is 34.8 Å². The van der Waals surface area contributed by atoms with Gasteiger partial charge in [-0.15, -0.1) is 0 Å². The fraction of sp³-hybridized carbons (Fsp3) is 0.257. The molecule has 2 atom stereocenters. The number of carbonyl (C=O) groups is 2. The molecule has 0 saturated heterocycles. The molecule has 0 heterocycles. The molecule has 0 spiro atoms. The second kappa shape index (κ2) is 15.8. The molecule has 0 unspecified atom stereocenters. The van der Waals surface area contributed by atoms with Crippen LogP contribution in [-0.2, 0) is 32.6 Å². The molecular formula is C35H36Cl3N3O4S. The van der Waals surface area contributed by atoms with E-state index in [1.807, 2.05) is 51.1 Å². The van der Waals surface area contributed by atoms with E-state index in [1.165, 1.54) is 29.2 Å². The summed E-state index contributed by atoms with van der Waals surface area (Å²) >= 11 is 19.2. The summed E-state index contributed by atoms with van der Waals surface area (Å²) in [5, 5.41) is 4.01. The van der Waals surface area contributed by atoms with Gasteiger partial charge in [0.15, 0.2) is 0 Å². The molecule has 4 rings (SSSR count). The zero-order chi connectivity index (χ0) is 33.4. The van der Waals surface area contributed by atoms with E-state index in [-0.39, 0.29) is 35.5 Å². The van der Waals surface area contributed by atoms with E-state index < -0.39 is 28.5 Å². The smallest absolute Gasteiger partial charge is 0.264 e. The van der Waals surface area contributed by atoms with Crippen molar-refractivity contribution in [1.29, 1.82) is 0 Å². The van der Waals surface area contributed by atoms with Crippen molar-refractivity contribution in [2.75, 3.05) is 10.8 Å². The van der Waals surface area contributed by atoms with Gasteiger partial charge in [-0.3, -0.25) is 13.9 Å². The number of benzene rings is 4. The Kier molecular flexibility index (Phi) is 12.1. The van der Waals surface area contributed by atoms with Crippen molar-refractivity contribution in [3.8, 4) is 0 Å². The summed E-state index contributed by atoms with van der Waals surface area (Å²) in [5.74, 6) is -0.994. The number of amides is 2. The number of carbonyl (C=O) groups excluding carboxylic acids is 2. The van der Waals surface area contributed by atoms with Crippen LogP contribution in [-0.4, -0.2) is 43.8 Å². The molecular weight excluding hydrogens is 665 g/mol. The highest BCUT2D eigenvalue weighted by molar-refractivity contribution is 7.92. The maximum absolute atomic E-state index is 14.6. The second-order valence-corrected chi connectivity index (χ2v) is 14.2. The maximum atomic E-state index is 14.6. The Labute approximate surface area is 286 Å². The molecule has 46 heavy (non-hydrogen) atoms. The first-order valence-electron chi connectivity index (χ1n) is 14.8. The van der Waals surface area contributed by atoms with Gasteiger partial charge in [0.2, 0.25) is 11.8 Å². The molecule has 1 N–H and O–H groups in total.